The molecule has 0 N–H and O–H groups in total. The van der Waals surface area contributed by atoms with E-state index in [1.54, 1.807) is 0 Å². The maximum absolute atomic E-state index is 10.5. The predicted octanol–water partition coefficient (Wildman–Crippen LogP) is 1.24. The maximum Gasteiger partial charge on any atom is 0.265 e. The summed E-state index contributed by atoms with van der Waals surface area (Å²) in [4.78, 5) is 0. The van der Waals surface area contributed by atoms with Crippen molar-refractivity contribution in [3.63, 3.8) is 0 Å². The summed E-state index contributed by atoms with van der Waals surface area (Å²) < 4.78 is 25.5. The summed E-state index contributed by atoms with van der Waals surface area (Å²) in [7, 11) is -4.68. The van der Waals surface area contributed by atoms with Gasteiger partial charge in [-0.25, -0.2) is 0 Å². The van der Waals surface area contributed by atoms with Crippen molar-refractivity contribution in [2.45, 2.75) is 26.1 Å². The van der Waals surface area contributed by atoms with E-state index in [4.69, 9.17) is 0 Å². The van der Waals surface area contributed by atoms with Gasteiger partial charge in [-0.3, -0.25) is 4.18 Å². The molecule has 84 valence electrons. The SMILES string of the molecule is C[Si](C)(C)C#CCC#CCOS(C)(=O)=O. The Morgan fingerprint density at radius 1 is 1.13 bits per heavy atom. The highest BCUT2D eigenvalue weighted by molar-refractivity contribution is 7.85. The van der Waals surface area contributed by atoms with Gasteiger partial charge < -0.3 is 0 Å². The molecule has 3 nitrogen and oxygen atoms in total. The molecule has 0 rings (SSSR count). The lowest BCUT2D eigenvalue weighted by molar-refractivity contribution is 0.368. The quantitative estimate of drug-likeness (QED) is 0.417. The van der Waals surface area contributed by atoms with Crippen molar-refractivity contribution in [2.75, 3.05) is 12.9 Å². The number of hydrogen-bond acceptors (Lipinski definition) is 3. The normalized spacial score (nSPS) is 10.9. The first kappa shape index (κ1) is 14.2. The van der Waals surface area contributed by atoms with Gasteiger partial charge in [0.25, 0.3) is 10.1 Å². The molecule has 15 heavy (non-hydrogen) atoms. The molecule has 0 aromatic carbocycles. The minimum absolute atomic E-state index is 0.0898. The Morgan fingerprint density at radius 2 is 1.73 bits per heavy atom. The van der Waals surface area contributed by atoms with Gasteiger partial charge in [0.05, 0.1) is 12.7 Å². The Balaban J connectivity index is 3.87. The van der Waals surface area contributed by atoms with Crippen LogP contribution in [0.5, 0.6) is 0 Å². The highest BCUT2D eigenvalue weighted by Gasteiger charge is 2.06. The van der Waals surface area contributed by atoms with Crippen LogP contribution < -0.4 is 0 Å². The molecule has 5 heteroatoms. The third-order valence-electron chi connectivity index (χ3n) is 1.11. The summed E-state index contributed by atoms with van der Waals surface area (Å²) in [6, 6.07) is 0. The minimum Gasteiger partial charge on any atom is -0.257 e. The van der Waals surface area contributed by atoms with E-state index >= 15 is 0 Å². The maximum atomic E-state index is 10.5. The molecule has 0 aliphatic heterocycles. The second-order valence-electron chi connectivity index (χ2n) is 4.05. The third kappa shape index (κ3) is 13.2. The van der Waals surface area contributed by atoms with E-state index in [2.05, 4.69) is 47.1 Å². The van der Waals surface area contributed by atoms with E-state index in [0.717, 1.165) is 6.26 Å². The van der Waals surface area contributed by atoms with Gasteiger partial charge in [0.2, 0.25) is 0 Å². The van der Waals surface area contributed by atoms with Crippen LogP contribution in [0.15, 0.2) is 0 Å². The van der Waals surface area contributed by atoms with Gasteiger partial charge in [-0.2, -0.15) is 8.42 Å². The van der Waals surface area contributed by atoms with Crippen LogP contribution in [0.1, 0.15) is 6.42 Å². The summed E-state index contributed by atoms with van der Waals surface area (Å²) in [5.74, 6) is 8.29. The summed E-state index contributed by atoms with van der Waals surface area (Å²) in [5.41, 5.74) is 3.16. The van der Waals surface area contributed by atoms with Crippen LogP contribution in [-0.2, 0) is 14.3 Å². The Kier molecular flexibility index (Phi) is 5.67. The van der Waals surface area contributed by atoms with Crippen molar-refractivity contribution < 1.29 is 12.6 Å². The first-order chi connectivity index (χ1) is 6.71. The van der Waals surface area contributed by atoms with Gasteiger partial charge >= 0.3 is 0 Å². The van der Waals surface area contributed by atoms with Crippen LogP contribution in [0, 0.1) is 23.3 Å². The fourth-order valence-corrected chi connectivity index (χ4v) is 1.50. The second-order valence-corrected chi connectivity index (χ2v) is 10.4. The van der Waals surface area contributed by atoms with Crippen LogP contribution in [-0.4, -0.2) is 29.4 Å². The molecule has 0 fully saturated rings. The van der Waals surface area contributed by atoms with E-state index in [0.29, 0.717) is 6.42 Å². The van der Waals surface area contributed by atoms with Crippen LogP contribution in [0.3, 0.4) is 0 Å². The van der Waals surface area contributed by atoms with Gasteiger partial charge in [-0.15, -0.1) is 5.54 Å². The molecular formula is C10H16O3SSi. The zero-order chi connectivity index (χ0) is 11.9. The van der Waals surface area contributed by atoms with Gasteiger partial charge in [0.15, 0.2) is 0 Å². The molecule has 0 bridgehead atoms. The molecule has 0 aliphatic rings. The average Bonchev–Trinajstić information content (AvgIpc) is 1.98. The molecule has 0 aromatic heterocycles. The molecule has 0 saturated heterocycles. The van der Waals surface area contributed by atoms with Gasteiger partial charge in [-0.1, -0.05) is 37.4 Å². The van der Waals surface area contributed by atoms with Gasteiger partial charge in [0.1, 0.15) is 14.7 Å². The van der Waals surface area contributed by atoms with Crippen LogP contribution in [0.4, 0.5) is 0 Å². The highest BCUT2D eigenvalue weighted by Crippen LogP contribution is 1.96. The molecule has 0 amide bonds. The van der Waals surface area contributed by atoms with E-state index in [1.807, 2.05) is 0 Å². The monoisotopic (exact) mass is 244 g/mol. The Hall–Kier alpha value is -0.753. The highest BCUT2D eigenvalue weighted by atomic mass is 32.2. The lowest BCUT2D eigenvalue weighted by Crippen LogP contribution is -2.16. The Bertz CT molecular complexity index is 410. The van der Waals surface area contributed by atoms with Crippen molar-refractivity contribution in [1.29, 1.82) is 0 Å². The predicted molar refractivity (Wildman–Crippen MR) is 64.3 cm³/mol. The molecule has 0 unspecified atom stereocenters. The molecule has 0 saturated carbocycles. The van der Waals surface area contributed by atoms with Crippen molar-refractivity contribution in [1.82, 2.24) is 0 Å². The van der Waals surface area contributed by atoms with Crippen molar-refractivity contribution in [2.24, 2.45) is 0 Å². The van der Waals surface area contributed by atoms with Gasteiger partial charge in [-0.05, 0) is 0 Å². The smallest absolute Gasteiger partial charge is 0.257 e. The van der Waals surface area contributed by atoms with E-state index in [-0.39, 0.29) is 6.61 Å². The summed E-state index contributed by atoms with van der Waals surface area (Å²) in [5, 5.41) is 0. The molecule has 0 heterocycles. The van der Waals surface area contributed by atoms with E-state index < -0.39 is 18.2 Å². The molecule has 0 aliphatic carbocycles. The third-order valence-corrected chi connectivity index (χ3v) is 2.58. The average molecular weight is 244 g/mol. The molecule has 0 aromatic rings. The first-order valence-corrected chi connectivity index (χ1v) is 9.82. The zero-order valence-electron chi connectivity index (χ0n) is 9.55. The Morgan fingerprint density at radius 3 is 2.20 bits per heavy atom. The minimum atomic E-state index is -3.37. The summed E-state index contributed by atoms with van der Waals surface area (Å²) in [6.07, 6.45) is 1.47. The largest absolute Gasteiger partial charge is 0.265 e. The molecule has 0 spiro atoms. The van der Waals surface area contributed by atoms with Crippen LogP contribution in [0.2, 0.25) is 19.6 Å². The standard InChI is InChI=1S/C10H16O3SSi/c1-14(11,12)13-9-7-5-6-8-10-15(2,3)4/h6,9H2,1-4H3. The van der Waals surface area contributed by atoms with Crippen molar-refractivity contribution >= 4 is 18.2 Å². The molecular weight excluding hydrogens is 228 g/mol. The van der Waals surface area contributed by atoms with E-state index in [1.165, 1.54) is 0 Å². The first-order valence-electron chi connectivity index (χ1n) is 4.51. The second kappa shape index (κ2) is 5.97. The fourth-order valence-electron chi connectivity index (χ4n) is 0.604. The van der Waals surface area contributed by atoms with Gasteiger partial charge in [0, 0.05) is 0 Å². The van der Waals surface area contributed by atoms with Crippen LogP contribution >= 0.6 is 0 Å². The van der Waals surface area contributed by atoms with Crippen LogP contribution in [0.25, 0.3) is 0 Å². The number of hydrogen-bond donors (Lipinski definition) is 0. The molecule has 0 atom stereocenters. The Labute approximate surface area is 93.4 Å². The topological polar surface area (TPSA) is 43.4 Å². The lowest BCUT2D eigenvalue weighted by atomic mass is 10.4. The lowest BCUT2D eigenvalue weighted by Gasteiger charge is -2.02. The summed E-state index contributed by atoms with van der Waals surface area (Å²) >= 11 is 0. The molecule has 0 radical (unpaired) electrons. The fraction of sp³-hybridized carbons (Fsp3) is 0.600. The van der Waals surface area contributed by atoms with Crippen molar-refractivity contribution in [3.05, 3.63) is 0 Å². The summed E-state index contributed by atoms with van der Waals surface area (Å²) in [6.45, 7) is 6.37. The van der Waals surface area contributed by atoms with Crippen molar-refractivity contribution in [3.8, 4) is 23.3 Å². The van der Waals surface area contributed by atoms with E-state index in [9.17, 15) is 8.42 Å². The number of rotatable bonds is 2. The zero-order valence-corrected chi connectivity index (χ0v) is 11.4.